The molecule has 11 nitrogen and oxygen atoms in total. The molecular formula is C22H25ClN8O3. The lowest BCUT2D eigenvalue weighted by molar-refractivity contribution is -0.117. The molecule has 2 atom stereocenters. The molecule has 3 aromatic rings. The van der Waals surface area contributed by atoms with Crippen molar-refractivity contribution in [3.05, 3.63) is 59.5 Å². The van der Waals surface area contributed by atoms with Gasteiger partial charge in [-0.05, 0) is 42.8 Å². The maximum Gasteiger partial charge on any atom is 0.319 e. The van der Waals surface area contributed by atoms with Crippen LogP contribution in [0.3, 0.4) is 0 Å². The maximum atomic E-state index is 12.7. The van der Waals surface area contributed by atoms with E-state index in [4.69, 9.17) is 16.3 Å². The number of aromatic amines is 1. The average molecular weight is 485 g/mol. The Labute approximate surface area is 201 Å². The Kier molecular flexibility index (Phi) is 7.55. The van der Waals surface area contributed by atoms with Gasteiger partial charge in [-0.25, -0.2) is 4.79 Å². The minimum Gasteiger partial charge on any atom is -0.495 e. The first kappa shape index (κ1) is 23.5. The number of likely N-dealkylation sites (tertiary alicyclic amines) is 1. The quantitative estimate of drug-likeness (QED) is 0.404. The molecule has 1 fully saturated rings. The highest BCUT2D eigenvalue weighted by atomic mass is 35.5. The van der Waals surface area contributed by atoms with Gasteiger partial charge in [0.25, 0.3) is 0 Å². The number of nitrogens with one attached hydrogen (secondary N) is 4. The van der Waals surface area contributed by atoms with Crippen LogP contribution >= 0.6 is 11.6 Å². The number of hydrogen-bond acceptors (Lipinski definition) is 7. The zero-order chi connectivity index (χ0) is 23.9. The number of hydrogen-bond donors (Lipinski definition) is 4. The van der Waals surface area contributed by atoms with Crippen molar-refractivity contribution in [1.82, 2.24) is 30.6 Å². The second kappa shape index (κ2) is 10.9. The molecule has 0 spiro atoms. The van der Waals surface area contributed by atoms with Crippen LogP contribution in [-0.4, -0.2) is 70.0 Å². The van der Waals surface area contributed by atoms with Crippen molar-refractivity contribution in [2.24, 2.45) is 0 Å². The van der Waals surface area contributed by atoms with Crippen molar-refractivity contribution < 1.29 is 14.3 Å². The fourth-order valence-corrected chi connectivity index (χ4v) is 4.01. The molecule has 0 radical (unpaired) electrons. The Morgan fingerprint density at radius 1 is 1.18 bits per heavy atom. The largest absolute Gasteiger partial charge is 0.495 e. The van der Waals surface area contributed by atoms with E-state index in [2.05, 4.69) is 36.3 Å². The van der Waals surface area contributed by atoms with Gasteiger partial charge in [-0.2, -0.15) is 10.3 Å². The highest BCUT2D eigenvalue weighted by Crippen LogP contribution is 2.27. The number of pyridine rings is 1. The van der Waals surface area contributed by atoms with Crippen molar-refractivity contribution in [2.45, 2.75) is 18.4 Å². The molecule has 0 aliphatic carbocycles. The molecule has 1 aromatic carbocycles. The van der Waals surface area contributed by atoms with Gasteiger partial charge >= 0.3 is 6.03 Å². The second-order valence-electron chi connectivity index (χ2n) is 7.87. The summed E-state index contributed by atoms with van der Waals surface area (Å²) in [7, 11) is 1.58. The number of piperidine rings is 1. The highest BCUT2D eigenvalue weighted by molar-refractivity contribution is 6.30. The standard InChI is InChI=1S/C22H25ClN8O3/c1-34-16-6-7-18(24-10-16)17-12-31(13-21(32)28-20-11-25-30-29-20)9-8-19(17)27-22(33)26-15-4-2-14(23)3-5-15/h2-7,10-11,17,19H,8-9,12-13H2,1H3,(H2,26,27,33)(H2,25,28,29,30,32)/t17-,19+/m0/s1. The summed E-state index contributed by atoms with van der Waals surface area (Å²) in [4.78, 5) is 31.7. The van der Waals surface area contributed by atoms with Gasteiger partial charge in [-0.1, -0.05) is 11.6 Å². The SMILES string of the molecule is COc1ccc([C@@H]2CN(CC(=O)Nc3cn[nH]n3)CC[C@H]2NC(=O)Nc2ccc(Cl)cc2)nc1. The Hall–Kier alpha value is -3.70. The van der Waals surface area contributed by atoms with E-state index in [1.54, 1.807) is 37.6 Å². The van der Waals surface area contributed by atoms with Crippen molar-refractivity contribution in [1.29, 1.82) is 0 Å². The number of amides is 3. The van der Waals surface area contributed by atoms with E-state index < -0.39 is 0 Å². The minimum absolute atomic E-state index is 0.129. The summed E-state index contributed by atoms with van der Waals surface area (Å²) in [5, 5.41) is 19.2. The zero-order valence-electron chi connectivity index (χ0n) is 18.5. The summed E-state index contributed by atoms with van der Waals surface area (Å²) < 4.78 is 5.22. The number of ether oxygens (including phenoxy) is 1. The van der Waals surface area contributed by atoms with E-state index >= 15 is 0 Å². The first-order valence-corrected chi connectivity index (χ1v) is 11.1. The molecule has 4 rings (SSSR count). The molecule has 1 aliphatic heterocycles. The summed E-state index contributed by atoms with van der Waals surface area (Å²) in [6.07, 6.45) is 3.73. The Bertz CT molecular complexity index is 1090. The molecule has 0 unspecified atom stereocenters. The van der Waals surface area contributed by atoms with E-state index in [-0.39, 0.29) is 30.4 Å². The molecule has 1 saturated heterocycles. The number of carbonyl (C=O) groups is 2. The summed E-state index contributed by atoms with van der Waals surface area (Å²) in [6.45, 7) is 1.35. The van der Waals surface area contributed by atoms with Crippen molar-refractivity contribution in [3.63, 3.8) is 0 Å². The number of urea groups is 1. The van der Waals surface area contributed by atoms with Gasteiger partial charge in [0.05, 0.1) is 26.0 Å². The summed E-state index contributed by atoms with van der Waals surface area (Å²) in [5.74, 6) is 0.694. The van der Waals surface area contributed by atoms with Crippen LogP contribution in [0.2, 0.25) is 5.02 Å². The van der Waals surface area contributed by atoms with Crippen molar-refractivity contribution in [2.75, 3.05) is 37.4 Å². The van der Waals surface area contributed by atoms with Crippen LogP contribution in [0.1, 0.15) is 18.0 Å². The molecule has 0 saturated carbocycles. The minimum atomic E-state index is -0.317. The number of halogens is 1. The lowest BCUT2D eigenvalue weighted by Crippen LogP contribution is -2.52. The number of aromatic nitrogens is 4. The van der Waals surface area contributed by atoms with Crippen LogP contribution in [0.15, 0.2) is 48.8 Å². The number of nitrogens with zero attached hydrogens (tertiary/aromatic N) is 4. The third-order valence-electron chi connectivity index (χ3n) is 5.54. The van der Waals surface area contributed by atoms with E-state index in [1.807, 2.05) is 17.0 Å². The monoisotopic (exact) mass is 484 g/mol. The zero-order valence-corrected chi connectivity index (χ0v) is 19.2. The summed E-state index contributed by atoms with van der Waals surface area (Å²) in [6, 6.07) is 10.1. The molecule has 0 bridgehead atoms. The van der Waals surface area contributed by atoms with Crippen LogP contribution in [0, 0.1) is 0 Å². The molecule has 3 heterocycles. The molecule has 12 heteroatoms. The molecule has 3 amide bonds. The van der Waals surface area contributed by atoms with E-state index in [1.165, 1.54) is 6.20 Å². The number of carbonyl (C=O) groups excluding carboxylic acids is 2. The topological polar surface area (TPSA) is 137 Å². The van der Waals surface area contributed by atoms with Gasteiger partial charge in [0.15, 0.2) is 5.82 Å². The van der Waals surface area contributed by atoms with Crippen molar-refractivity contribution in [3.8, 4) is 5.75 Å². The van der Waals surface area contributed by atoms with Crippen LogP contribution in [0.4, 0.5) is 16.3 Å². The first-order valence-electron chi connectivity index (χ1n) is 10.7. The van der Waals surface area contributed by atoms with E-state index in [9.17, 15) is 9.59 Å². The number of benzene rings is 1. The Morgan fingerprint density at radius 2 is 2.00 bits per heavy atom. The van der Waals surface area contributed by atoms with Crippen LogP contribution in [-0.2, 0) is 4.79 Å². The molecule has 4 N–H and O–H groups in total. The Morgan fingerprint density at radius 3 is 2.68 bits per heavy atom. The van der Waals surface area contributed by atoms with Gasteiger partial charge in [0.1, 0.15) is 5.75 Å². The predicted octanol–water partition coefficient (Wildman–Crippen LogP) is 2.48. The third-order valence-corrected chi connectivity index (χ3v) is 5.79. The van der Waals surface area contributed by atoms with Crippen LogP contribution < -0.4 is 20.7 Å². The van der Waals surface area contributed by atoms with Gasteiger partial charge in [-0.3, -0.25) is 14.7 Å². The fraction of sp³-hybridized carbons (Fsp3) is 0.318. The fourth-order valence-electron chi connectivity index (χ4n) is 3.88. The smallest absolute Gasteiger partial charge is 0.319 e. The lowest BCUT2D eigenvalue weighted by Gasteiger charge is -2.38. The third kappa shape index (κ3) is 6.21. The number of H-pyrrole nitrogens is 1. The van der Waals surface area contributed by atoms with Crippen LogP contribution in [0.25, 0.3) is 0 Å². The van der Waals surface area contributed by atoms with E-state index in [0.29, 0.717) is 41.8 Å². The molecular weight excluding hydrogens is 460 g/mol. The second-order valence-corrected chi connectivity index (χ2v) is 8.30. The number of methoxy groups -OCH3 is 1. The molecule has 2 aromatic heterocycles. The highest BCUT2D eigenvalue weighted by Gasteiger charge is 2.33. The Balaban J connectivity index is 1.43. The average Bonchev–Trinajstić information content (AvgIpc) is 3.34. The van der Waals surface area contributed by atoms with E-state index in [0.717, 1.165) is 5.69 Å². The van der Waals surface area contributed by atoms with Gasteiger partial charge < -0.3 is 20.7 Å². The molecule has 178 valence electrons. The molecule has 34 heavy (non-hydrogen) atoms. The predicted molar refractivity (Wildman–Crippen MR) is 127 cm³/mol. The maximum absolute atomic E-state index is 12.7. The lowest BCUT2D eigenvalue weighted by atomic mass is 9.88. The summed E-state index contributed by atoms with van der Waals surface area (Å²) in [5.41, 5.74) is 1.45. The van der Waals surface area contributed by atoms with Crippen molar-refractivity contribution >= 4 is 35.0 Å². The molecule has 1 aliphatic rings. The normalized spacial score (nSPS) is 18.2. The van der Waals surface area contributed by atoms with Gasteiger partial charge in [-0.15, -0.1) is 5.10 Å². The van der Waals surface area contributed by atoms with Gasteiger partial charge in [0, 0.05) is 41.5 Å². The van der Waals surface area contributed by atoms with Crippen LogP contribution in [0.5, 0.6) is 5.75 Å². The number of anilines is 2. The first-order chi connectivity index (χ1) is 16.5. The van der Waals surface area contributed by atoms with Gasteiger partial charge in [0.2, 0.25) is 5.91 Å². The number of rotatable bonds is 7. The summed E-state index contributed by atoms with van der Waals surface area (Å²) >= 11 is 5.92.